The van der Waals surface area contributed by atoms with E-state index in [0.717, 1.165) is 38.5 Å². The zero-order valence-corrected chi connectivity index (χ0v) is 36.7. The van der Waals surface area contributed by atoms with Gasteiger partial charge in [0.05, 0.1) is 19.8 Å². The zero-order valence-electron chi connectivity index (χ0n) is 35.9. The van der Waals surface area contributed by atoms with E-state index in [1.54, 1.807) is 0 Å². The van der Waals surface area contributed by atoms with E-state index in [1.165, 1.54) is 135 Å². The molecule has 0 amide bonds. The Morgan fingerprint density at radius 2 is 1.11 bits per heavy atom. The largest absolute Gasteiger partial charge is 0.457 e. The van der Waals surface area contributed by atoms with Gasteiger partial charge in [-0.15, -0.1) is 0 Å². The summed E-state index contributed by atoms with van der Waals surface area (Å²) in [5.74, 6) is -0.400. The quantitative estimate of drug-likeness (QED) is 0.0199. The number of aliphatic hydroxyl groups is 3. The molecule has 1 aliphatic rings. The van der Waals surface area contributed by atoms with Crippen molar-refractivity contribution < 1.29 is 56.2 Å². The van der Waals surface area contributed by atoms with E-state index in [-0.39, 0.29) is 19.6 Å². The third kappa shape index (κ3) is 30.5. The average Bonchev–Trinajstić information content (AvgIpc) is 3.18. The molecule has 57 heavy (non-hydrogen) atoms. The second-order valence-corrected chi connectivity index (χ2v) is 17.0. The van der Waals surface area contributed by atoms with Gasteiger partial charge in [-0.2, -0.15) is 8.42 Å². The molecule has 13 heteroatoms. The van der Waals surface area contributed by atoms with Gasteiger partial charge >= 0.3 is 16.4 Å². The number of hydrogen-bond acceptors (Lipinski definition) is 11. The Labute approximate surface area is 347 Å². The molecule has 0 spiro atoms. The summed E-state index contributed by atoms with van der Waals surface area (Å²) >= 11 is 0. The lowest BCUT2D eigenvalue weighted by Gasteiger charge is -2.41. The fraction of sp³-hybridized carbons (Fsp3) is 0.932. The number of carbonyl (C=O) groups is 1. The Balaban J connectivity index is 2.34. The minimum absolute atomic E-state index is 0.0399. The molecule has 0 aliphatic carbocycles. The Morgan fingerprint density at radius 3 is 1.58 bits per heavy atom. The van der Waals surface area contributed by atoms with Gasteiger partial charge in [-0.25, -0.2) is 4.18 Å². The number of aliphatic hydroxyl groups excluding tert-OH is 3. The number of allylic oxidation sites excluding steroid dienone is 2. The molecule has 338 valence electrons. The summed E-state index contributed by atoms with van der Waals surface area (Å²) in [6, 6.07) is 0. The summed E-state index contributed by atoms with van der Waals surface area (Å²) in [7, 11) is -5.05. The van der Waals surface area contributed by atoms with Crippen LogP contribution in [0.3, 0.4) is 0 Å². The Bertz CT molecular complexity index is 1060. The van der Waals surface area contributed by atoms with Crippen LogP contribution in [-0.2, 0) is 38.3 Å². The number of carbonyl (C=O) groups excluding carboxylic acids is 1. The standard InChI is InChI=1S/C44H84O12S/c1-3-5-7-9-11-13-14-15-16-17-18-19-20-21-22-23-24-25-27-29-31-33-40(46)54-38(36-52-34-32-30-28-26-12-10-8-6-4-2)37-53-44-42(48)43(56-57(49,50)51)41(47)39(35-45)55-44/h17-18,38-39,41-45,47-48H,3-16,19-37H2,1-2H3,(H,49,50,51)/b18-17-. The first-order chi connectivity index (χ1) is 27.6. The number of hydrogen-bond donors (Lipinski definition) is 4. The van der Waals surface area contributed by atoms with Crippen molar-refractivity contribution in [2.75, 3.05) is 26.4 Å². The van der Waals surface area contributed by atoms with Crippen LogP contribution in [-0.4, -0.2) is 97.5 Å². The molecule has 12 nitrogen and oxygen atoms in total. The molecule has 0 aromatic carbocycles. The van der Waals surface area contributed by atoms with Crippen LogP contribution in [0.1, 0.15) is 200 Å². The molecular weight excluding hydrogens is 753 g/mol. The number of rotatable bonds is 40. The van der Waals surface area contributed by atoms with Crippen molar-refractivity contribution in [2.45, 2.75) is 237 Å². The van der Waals surface area contributed by atoms with Crippen LogP contribution in [0.5, 0.6) is 0 Å². The molecule has 1 rings (SSSR count). The van der Waals surface area contributed by atoms with E-state index in [0.29, 0.717) is 13.0 Å². The molecule has 0 radical (unpaired) electrons. The molecule has 0 aromatic heterocycles. The topological polar surface area (TPSA) is 178 Å². The molecule has 0 aromatic rings. The maximum Gasteiger partial charge on any atom is 0.397 e. The molecule has 4 N–H and O–H groups in total. The molecule has 6 atom stereocenters. The predicted molar refractivity (Wildman–Crippen MR) is 225 cm³/mol. The van der Waals surface area contributed by atoms with Gasteiger partial charge in [-0.05, 0) is 38.5 Å². The number of ether oxygens (including phenoxy) is 4. The third-order valence-corrected chi connectivity index (χ3v) is 11.1. The molecule has 1 fully saturated rings. The van der Waals surface area contributed by atoms with Crippen LogP contribution < -0.4 is 0 Å². The van der Waals surface area contributed by atoms with Gasteiger partial charge in [-0.1, -0.05) is 167 Å². The fourth-order valence-corrected chi connectivity index (χ4v) is 7.65. The molecule has 6 unspecified atom stereocenters. The van der Waals surface area contributed by atoms with Gasteiger partial charge in [-0.3, -0.25) is 9.35 Å². The molecule has 1 aliphatic heterocycles. The summed E-state index contributed by atoms with van der Waals surface area (Å²) in [5, 5.41) is 30.6. The minimum Gasteiger partial charge on any atom is -0.457 e. The summed E-state index contributed by atoms with van der Waals surface area (Å²) in [4.78, 5) is 12.8. The zero-order chi connectivity index (χ0) is 41.8. The molecule has 0 bridgehead atoms. The lowest BCUT2D eigenvalue weighted by molar-refractivity contribution is -0.301. The summed E-state index contributed by atoms with van der Waals surface area (Å²) in [6.45, 7) is 3.99. The summed E-state index contributed by atoms with van der Waals surface area (Å²) in [5.41, 5.74) is 0. The predicted octanol–water partition coefficient (Wildman–Crippen LogP) is 9.47. The van der Waals surface area contributed by atoms with Crippen molar-refractivity contribution in [3.63, 3.8) is 0 Å². The molecular formula is C44H84O12S. The maximum absolute atomic E-state index is 12.8. The van der Waals surface area contributed by atoms with Crippen molar-refractivity contribution in [1.82, 2.24) is 0 Å². The van der Waals surface area contributed by atoms with E-state index in [2.05, 4.69) is 30.2 Å². The van der Waals surface area contributed by atoms with Crippen LogP contribution in [0.2, 0.25) is 0 Å². The van der Waals surface area contributed by atoms with Crippen LogP contribution in [0.15, 0.2) is 12.2 Å². The number of unbranched alkanes of at least 4 members (excludes halogenated alkanes) is 25. The third-order valence-electron chi connectivity index (χ3n) is 10.6. The Kier molecular flexibility index (Phi) is 34.6. The van der Waals surface area contributed by atoms with Gasteiger partial charge in [0.2, 0.25) is 0 Å². The Hall–Kier alpha value is -1.16. The van der Waals surface area contributed by atoms with E-state index in [4.69, 9.17) is 23.5 Å². The second kappa shape index (κ2) is 36.7. The lowest BCUT2D eigenvalue weighted by Crippen LogP contribution is -2.60. The molecule has 1 saturated heterocycles. The average molecular weight is 837 g/mol. The fourth-order valence-electron chi connectivity index (χ4n) is 7.14. The van der Waals surface area contributed by atoms with Crippen molar-refractivity contribution in [2.24, 2.45) is 0 Å². The van der Waals surface area contributed by atoms with Gasteiger partial charge in [0.25, 0.3) is 0 Å². The van der Waals surface area contributed by atoms with Crippen LogP contribution >= 0.6 is 0 Å². The summed E-state index contributed by atoms with van der Waals surface area (Å²) < 4.78 is 58.9. The van der Waals surface area contributed by atoms with Crippen molar-refractivity contribution in [1.29, 1.82) is 0 Å². The van der Waals surface area contributed by atoms with E-state index >= 15 is 0 Å². The van der Waals surface area contributed by atoms with E-state index in [9.17, 15) is 28.5 Å². The van der Waals surface area contributed by atoms with Crippen LogP contribution in [0.25, 0.3) is 0 Å². The Morgan fingerprint density at radius 1 is 0.649 bits per heavy atom. The highest BCUT2D eigenvalue weighted by Gasteiger charge is 2.48. The first-order valence-corrected chi connectivity index (χ1v) is 24.3. The highest BCUT2D eigenvalue weighted by Crippen LogP contribution is 2.26. The van der Waals surface area contributed by atoms with E-state index < -0.39 is 59.8 Å². The summed E-state index contributed by atoms with van der Waals surface area (Å²) in [6.07, 6.45) is 29.7. The molecule has 0 saturated carbocycles. The minimum atomic E-state index is -5.05. The highest BCUT2D eigenvalue weighted by atomic mass is 32.3. The highest BCUT2D eigenvalue weighted by molar-refractivity contribution is 7.80. The van der Waals surface area contributed by atoms with Gasteiger partial charge in [0.1, 0.15) is 30.5 Å². The maximum atomic E-state index is 12.8. The van der Waals surface area contributed by atoms with Crippen LogP contribution in [0.4, 0.5) is 0 Å². The normalized spacial score (nSPS) is 20.7. The smallest absolute Gasteiger partial charge is 0.397 e. The second-order valence-electron chi connectivity index (χ2n) is 16.0. The van der Waals surface area contributed by atoms with Crippen molar-refractivity contribution >= 4 is 16.4 Å². The first kappa shape index (κ1) is 53.9. The van der Waals surface area contributed by atoms with E-state index in [1.807, 2.05) is 0 Å². The van der Waals surface area contributed by atoms with Crippen molar-refractivity contribution in [3.05, 3.63) is 12.2 Å². The van der Waals surface area contributed by atoms with Crippen LogP contribution in [0, 0.1) is 0 Å². The lowest BCUT2D eigenvalue weighted by atomic mass is 9.99. The molecule has 1 heterocycles. The SMILES string of the molecule is CCCCCCCCCC/C=C\CCCCCCCCCCCC(=O)OC(COCCCCCCCCCCC)COC1OC(CO)C(O)C(OS(=O)(=O)O)C1O. The monoisotopic (exact) mass is 837 g/mol. The van der Waals surface area contributed by atoms with Gasteiger partial charge < -0.3 is 34.3 Å². The van der Waals surface area contributed by atoms with Crippen molar-refractivity contribution in [3.8, 4) is 0 Å². The van der Waals surface area contributed by atoms with Gasteiger partial charge in [0, 0.05) is 13.0 Å². The number of esters is 1. The first-order valence-electron chi connectivity index (χ1n) is 22.9. The van der Waals surface area contributed by atoms with Gasteiger partial charge in [0.15, 0.2) is 6.29 Å².